The van der Waals surface area contributed by atoms with E-state index in [1.54, 1.807) is 13.8 Å². The van der Waals surface area contributed by atoms with E-state index in [2.05, 4.69) is 4.72 Å². The summed E-state index contributed by atoms with van der Waals surface area (Å²) >= 11 is 0. The second kappa shape index (κ2) is 8.06. The lowest BCUT2D eigenvalue weighted by Crippen LogP contribution is -2.43. The largest absolute Gasteiger partial charge is 0.374 e. The predicted molar refractivity (Wildman–Crippen MR) is 94.4 cm³/mol. The van der Waals surface area contributed by atoms with E-state index in [1.807, 2.05) is 20.8 Å². The van der Waals surface area contributed by atoms with Gasteiger partial charge >= 0.3 is 0 Å². The maximum Gasteiger partial charge on any atom is 0.296 e. The molecule has 0 aliphatic rings. The smallest absolute Gasteiger partial charge is 0.296 e. The van der Waals surface area contributed by atoms with Crippen LogP contribution in [0.2, 0.25) is 0 Å². The molecule has 0 aliphatic carbocycles. The minimum absolute atomic E-state index is 0.0706. The number of ether oxygens (including phenoxy) is 1. The molecular weight excluding hydrogens is 366 g/mol. The van der Waals surface area contributed by atoms with Crippen molar-refractivity contribution in [2.24, 2.45) is 5.92 Å². The van der Waals surface area contributed by atoms with Crippen molar-refractivity contribution in [3.63, 3.8) is 0 Å². The molecule has 0 amide bonds. The molecule has 0 spiro atoms. The van der Waals surface area contributed by atoms with E-state index in [9.17, 15) is 28.6 Å². The molecule has 1 atom stereocenters. The van der Waals surface area contributed by atoms with Crippen LogP contribution in [0.3, 0.4) is 0 Å². The summed E-state index contributed by atoms with van der Waals surface area (Å²) in [5.74, 6) is -0.149. The molecule has 146 valence electrons. The summed E-state index contributed by atoms with van der Waals surface area (Å²) in [6.45, 7) is 9.09. The van der Waals surface area contributed by atoms with E-state index in [0.717, 1.165) is 12.1 Å². The van der Waals surface area contributed by atoms with Crippen molar-refractivity contribution in [3.8, 4) is 0 Å². The van der Waals surface area contributed by atoms with Crippen LogP contribution >= 0.6 is 0 Å². The van der Waals surface area contributed by atoms with Crippen LogP contribution in [0.15, 0.2) is 23.1 Å². The number of nitro benzene ring substituents is 2. The summed E-state index contributed by atoms with van der Waals surface area (Å²) in [5.41, 5.74) is -1.91. The van der Waals surface area contributed by atoms with E-state index in [1.165, 1.54) is 0 Å². The molecule has 0 unspecified atom stereocenters. The number of nitrogens with one attached hydrogen (secondary N) is 1. The maximum absolute atomic E-state index is 12.6. The van der Waals surface area contributed by atoms with Crippen molar-refractivity contribution < 1.29 is 23.0 Å². The molecule has 0 bridgehead atoms. The molecule has 0 saturated heterocycles. The Balaban J connectivity index is 3.23. The predicted octanol–water partition coefficient (Wildman–Crippen LogP) is 2.62. The number of sulfonamides is 1. The summed E-state index contributed by atoms with van der Waals surface area (Å²) < 4.78 is 33.3. The molecule has 0 aromatic heterocycles. The van der Waals surface area contributed by atoms with Crippen molar-refractivity contribution >= 4 is 21.4 Å². The summed E-state index contributed by atoms with van der Waals surface area (Å²) in [5, 5.41) is 22.0. The SMILES string of the molecule is CC(C)[C@@H](COC(C)(C)C)NS(=O)(=O)c1ccc([N+](=O)[O-])cc1[N+](=O)[O-]. The Bertz CT molecular complexity index is 785. The van der Waals surface area contributed by atoms with Gasteiger partial charge in [0.05, 0.1) is 28.1 Å². The molecular formula is C15H23N3O7S. The lowest BCUT2D eigenvalue weighted by atomic mass is 10.1. The van der Waals surface area contributed by atoms with Crippen LogP contribution in [-0.2, 0) is 14.8 Å². The van der Waals surface area contributed by atoms with E-state index < -0.39 is 47.8 Å². The molecule has 0 heterocycles. The molecule has 0 fully saturated rings. The first-order valence-electron chi connectivity index (χ1n) is 7.83. The highest BCUT2D eigenvalue weighted by Gasteiger charge is 2.31. The standard InChI is InChI=1S/C15H23N3O7S/c1-10(2)12(9-25-15(3,4)5)16-26(23,24)14-7-6-11(17(19)20)8-13(14)18(21)22/h6-8,10,12,16H,9H2,1-5H3/t12-/m1/s1. The molecule has 1 aromatic rings. The van der Waals surface area contributed by atoms with Crippen LogP contribution in [0.5, 0.6) is 0 Å². The van der Waals surface area contributed by atoms with Gasteiger partial charge in [0.15, 0.2) is 4.90 Å². The second-order valence-electron chi connectivity index (χ2n) is 7.06. The molecule has 10 nitrogen and oxygen atoms in total. The zero-order valence-corrected chi connectivity index (χ0v) is 16.1. The molecule has 0 aliphatic heterocycles. The molecule has 26 heavy (non-hydrogen) atoms. The zero-order valence-electron chi connectivity index (χ0n) is 15.3. The first kappa shape index (κ1) is 21.9. The average Bonchev–Trinajstić information content (AvgIpc) is 2.49. The van der Waals surface area contributed by atoms with Gasteiger partial charge in [0.25, 0.3) is 11.4 Å². The van der Waals surface area contributed by atoms with Crippen LogP contribution in [0.1, 0.15) is 34.6 Å². The summed E-state index contributed by atoms with van der Waals surface area (Å²) in [6, 6.07) is 1.78. The van der Waals surface area contributed by atoms with Crippen LogP contribution < -0.4 is 4.72 Å². The Morgan fingerprint density at radius 1 is 1.15 bits per heavy atom. The second-order valence-corrected chi connectivity index (χ2v) is 8.74. The van der Waals surface area contributed by atoms with Gasteiger partial charge in [-0.1, -0.05) is 13.8 Å². The van der Waals surface area contributed by atoms with Gasteiger partial charge in [0.1, 0.15) is 0 Å². The fourth-order valence-corrected chi connectivity index (χ4v) is 3.48. The van der Waals surface area contributed by atoms with Crippen molar-refractivity contribution in [1.82, 2.24) is 4.72 Å². The fraction of sp³-hybridized carbons (Fsp3) is 0.600. The molecule has 1 N–H and O–H groups in total. The maximum atomic E-state index is 12.6. The van der Waals surface area contributed by atoms with E-state index >= 15 is 0 Å². The Labute approximate surface area is 151 Å². The van der Waals surface area contributed by atoms with Gasteiger partial charge in [-0.2, -0.15) is 0 Å². The number of nitro groups is 2. The zero-order chi connectivity index (χ0) is 20.3. The highest BCUT2D eigenvalue weighted by atomic mass is 32.2. The molecule has 1 rings (SSSR count). The topological polar surface area (TPSA) is 142 Å². The summed E-state index contributed by atoms with van der Waals surface area (Å²) in [4.78, 5) is 19.6. The third-order valence-corrected chi connectivity index (χ3v) is 4.98. The Kier molecular flexibility index (Phi) is 6.80. The number of benzene rings is 1. The third kappa shape index (κ3) is 6.00. The molecule has 0 saturated carbocycles. The van der Waals surface area contributed by atoms with Crippen LogP contribution in [0, 0.1) is 26.1 Å². The minimum Gasteiger partial charge on any atom is -0.374 e. The van der Waals surface area contributed by atoms with E-state index in [4.69, 9.17) is 4.74 Å². The highest BCUT2D eigenvalue weighted by Crippen LogP contribution is 2.28. The number of rotatable bonds is 8. The van der Waals surface area contributed by atoms with Gasteiger partial charge in [0.2, 0.25) is 10.0 Å². The van der Waals surface area contributed by atoms with Gasteiger partial charge in [-0.05, 0) is 32.8 Å². The van der Waals surface area contributed by atoms with Gasteiger partial charge in [-0.25, -0.2) is 13.1 Å². The van der Waals surface area contributed by atoms with E-state index in [0.29, 0.717) is 6.07 Å². The Hall–Kier alpha value is -2.11. The van der Waals surface area contributed by atoms with Crippen molar-refractivity contribution in [1.29, 1.82) is 0 Å². The highest BCUT2D eigenvalue weighted by molar-refractivity contribution is 7.89. The van der Waals surface area contributed by atoms with E-state index in [-0.39, 0.29) is 12.5 Å². The Morgan fingerprint density at radius 3 is 2.15 bits per heavy atom. The van der Waals surface area contributed by atoms with Gasteiger partial charge in [-0.15, -0.1) is 0 Å². The lowest BCUT2D eigenvalue weighted by molar-refractivity contribution is -0.396. The Morgan fingerprint density at radius 2 is 1.73 bits per heavy atom. The van der Waals surface area contributed by atoms with Crippen molar-refractivity contribution in [2.75, 3.05) is 6.61 Å². The number of hydrogen-bond acceptors (Lipinski definition) is 7. The number of nitrogens with zero attached hydrogens (tertiary/aromatic N) is 2. The fourth-order valence-electron chi connectivity index (χ4n) is 1.95. The third-order valence-electron chi connectivity index (χ3n) is 3.45. The quantitative estimate of drug-likeness (QED) is 0.532. The van der Waals surface area contributed by atoms with Crippen LogP contribution in [0.25, 0.3) is 0 Å². The summed E-state index contributed by atoms with van der Waals surface area (Å²) in [6.07, 6.45) is 0. The minimum atomic E-state index is -4.28. The first-order chi connectivity index (χ1) is 11.7. The number of hydrogen-bond donors (Lipinski definition) is 1. The van der Waals surface area contributed by atoms with Crippen LogP contribution in [-0.4, -0.2) is 36.5 Å². The van der Waals surface area contributed by atoms with Gasteiger partial charge in [-0.3, -0.25) is 20.2 Å². The van der Waals surface area contributed by atoms with Crippen molar-refractivity contribution in [2.45, 2.75) is 51.2 Å². The lowest BCUT2D eigenvalue weighted by Gasteiger charge is -2.27. The van der Waals surface area contributed by atoms with Gasteiger partial charge in [0, 0.05) is 12.1 Å². The van der Waals surface area contributed by atoms with Crippen molar-refractivity contribution in [3.05, 3.63) is 38.4 Å². The first-order valence-corrected chi connectivity index (χ1v) is 9.32. The molecule has 11 heteroatoms. The molecule has 1 aromatic carbocycles. The van der Waals surface area contributed by atoms with Gasteiger partial charge < -0.3 is 4.74 Å². The number of non-ortho nitro benzene ring substituents is 1. The summed E-state index contributed by atoms with van der Waals surface area (Å²) in [7, 11) is -4.28. The average molecular weight is 389 g/mol. The monoisotopic (exact) mass is 389 g/mol. The van der Waals surface area contributed by atoms with Crippen LogP contribution in [0.4, 0.5) is 11.4 Å². The molecule has 0 radical (unpaired) electrons. The normalized spacial score (nSPS) is 13.6.